The van der Waals surface area contributed by atoms with Crippen LogP contribution in [0.15, 0.2) is 40.9 Å². The van der Waals surface area contributed by atoms with Crippen LogP contribution in [0.4, 0.5) is 4.39 Å². The Morgan fingerprint density at radius 3 is 2.70 bits per heavy atom. The molecule has 3 nitrogen and oxygen atoms in total. The van der Waals surface area contributed by atoms with E-state index in [2.05, 4.69) is 10.1 Å². The molecule has 0 saturated carbocycles. The number of nitrogens with zero attached hydrogens (tertiary/aromatic N) is 2. The minimum absolute atomic E-state index is 0.254. The molecule has 0 spiro atoms. The molecule has 0 bridgehead atoms. The summed E-state index contributed by atoms with van der Waals surface area (Å²) in [5.41, 5.74) is 0.767. The summed E-state index contributed by atoms with van der Waals surface area (Å²) in [5, 5.41) is 5.30. The third kappa shape index (κ3) is 2.39. The van der Waals surface area contributed by atoms with E-state index < -0.39 is 0 Å². The Labute approximate surface area is 120 Å². The molecular formula is C15H12ClFN2O. The molecule has 1 heterocycles. The van der Waals surface area contributed by atoms with Gasteiger partial charge in [-0.15, -0.1) is 11.6 Å². The van der Waals surface area contributed by atoms with Gasteiger partial charge in [-0.2, -0.15) is 4.98 Å². The number of fused-ring (bicyclic) bond motifs is 1. The van der Waals surface area contributed by atoms with Crippen LogP contribution in [0.2, 0.25) is 0 Å². The molecule has 20 heavy (non-hydrogen) atoms. The van der Waals surface area contributed by atoms with Gasteiger partial charge in [-0.25, -0.2) is 4.39 Å². The van der Waals surface area contributed by atoms with Gasteiger partial charge < -0.3 is 4.52 Å². The minimum Gasteiger partial charge on any atom is -0.339 e. The summed E-state index contributed by atoms with van der Waals surface area (Å²) >= 11 is 5.64. The molecule has 3 aromatic rings. The Morgan fingerprint density at radius 1 is 1.10 bits per heavy atom. The summed E-state index contributed by atoms with van der Waals surface area (Å²) in [6, 6.07) is 10.3. The molecule has 2 aromatic carbocycles. The predicted molar refractivity (Wildman–Crippen MR) is 76.2 cm³/mol. The molecule has 3 rings (SSSR count). The molecule has 0 amide bonds. The Morgan fingerprint density at radius 2 is 1.90 bits per heavy atom. The van der Waals surface area contributed by atoms with Crippen LogP contribution >= 0.6 is 11.6 Å². The molecule has 0 aliphatic heterocycles. The summed E-state index contributed by atoms with van der Waals surface area (Å²) in [5.74, 6) is 1.33. The van der Waals surface area contributed by atoms with E-state index in [-0.39, 0.29) is 5.82 Å². The highest BCUT2D eigenvalue weighted by atomic mass is 35.5. The van der Waals surface area contributed by atoms with Crippen LogP contribution in [-0.2, 0) is 6.42 Å². The first-order valence-corrected chi connectivity index (χ1v) is 6.89. The number of aryl methyl sites for hydroxylation is 1. The van der Waals surface area contributed by atoms with Gasteiger partial charge in [0, 0.05) is 23.3 Å². The average molecular weight is 291 g/mol. The fourth-order valence-corrected chi connectivity index (χ4v) is 2.27. The standard InChI is InChI=1S/C15H12ClFN2O/c16-9-3-6-14-18-15(19-20-14)12-7-8-13(17)11-5-2-1-4-10(11)12/h1-2,4-5,7-8H,3,6,9H2. The number of hydrogen-bond acceptors (Lipinski definition) is 3. The largest absolute Gasteiger partial charge is 0.339 e. The Bertz CT molecular complexity index is 742. The lowest BCUT2D eigenvalue weighted by molar-refractivity contribution is 0.378. The van der Waals surface area contributed by atoms with Crippen LogP contribution < -0.4 is 0 Å². The molecule has 1 aromatic heterocycles. The highest BCUT2D eigenvalue weighted by molar-refractivity contribution is 6.17. The van der Waals surface area contributed by atoms with E-state index in [1.165, 1.54) is 6.07 Å². The number of halogens is 2. The molecule has 0 fully saturated rings. The molecule has 0 radical (unpaired) electrons. The first kappa shape index (κ1) is 13.1. The number of aromatic nitrogens is 2. The van der Waals surface area contributed by atoms with Gasteiger partial charge in [0.05, 0.1) is 0 Å². The summed E-state index contributed by atoms with van der Waals surface area (Å²) in [6.07, 6.45) is 1.43. The van der Waals surface area contributed by atoms with Crippen LogP contribution in [0.3, 0.4) is 0 Å². The van der Waals surface area contributed by atoms with E-state index >= 15 is 0 Å². The fourth-order valence-electron chi connectivity index (χ4n) is 2.14. The van der Waals surface area contributed by atoms with Crippen molar-refractivity contribution in [2.45, 2.75) is 12.8 Å². The van der Waals surface area contributed by atoms with Crippen molar-refractivity contribution in [3.63, 3.8) is 0 Å². The van der Waals surface area contributed by atoms with Gasteiger partial charge >= 0.3 is 0 Å². The maximum absolute atomic E-state index is 13.8. The highest BCUT2D eigenvalue weighted by Gasteiger charge is 2.13. The quantitative estimate of drug-likeness (QED) is 0.676. The second-order valence-electron chi connectivity index (χ2n) is 4.44. The zero-order valence-corrected chi connectivity index (χ0v) is 11.4. The van der Waals surface area contributed by atoms with Crippen molar-refractivity contribution < 1.29 is 8.91 Å². The third-order valence-corrected chi connectivity index (χ3v) is 3.37. The second-order valence-corrected chi connectivity index (χ2v) is 4.82. The Hall–Kier alpha value is -1.94. The molecule has 0 N–H and O–H groups in total. The lowest BCUT2D eigenvalue weighted by Crippen LogP contribution is -1.88. The SMILES string of the molecule is Fc1ccc(-c2noc(CCCCl)n2)c2ccccc12. The number of hydrogen-bond donors (Lipinski definition) is 0. The molecule has 0 unspecified atom stereocenters. The predicted octanol–water partition coefficient (Wildman–Crippen LogP) is 4.20. The zero-order chi connectivity index (χ0) is 13.9. The summed E-state index contributed by atoms with van der Waals surface area (Å²) in [6.45, 7) is 0. The van der Waals surface area contributed by atoms with E-state index in [1.807, 2.05) is 12.1 Å². The molecule has 0 aliphatic carbocycles. The fraction of sp³-hybridized carbons (Fsp3) is 0.200. The van der Waals surface area contributed by atoms with Gasteiger partial charge in [-0.1, -0.05) is 29.4 Å². The van der Waals surface area contributed by atoms with Gasteiger partial charge in [-0.05, 0) is 23.9 Å². The number of benzene rings is 2. The molecule has 0 saturated heterocycles. The third-order valence-electron chi connectivity index (χ3n) is 3.10. The lowest BCUT2D eigenvalue weighted by Gasteiger charge is -2.03. The lowest BCUT2D eigenvalue weighted by atomic mass is 10.0. The first-order valence-electron chi connectivity index (χ1n) is 6.36. The maximum Gasteiger partial charge on any atom is 0.227 e. The van der Waals surface area contributed by atoms with E-state index in [0.717, 1.165) is 17.4 Å². The second kappa shape index (κ2) is 5.59. The molecule has 5 heteroatoms. The van der Waals surface area contributed by atoms with Gasteiger partial charge in [0.2, 0.25) is 11.7 Å². The minimum atomic E-state index is -0.254. The number of rotatable bonds is 4. The van der Waals surface area contributed by atoms with Crippen LogP contribution in [0, 0.1) is 5.82 Å². The van der Waals surface area contributed by atoms with Gasteiger partial charge in [0.15, 0.2) is 0 Å². The van der Waals surface area contributed by atoms with E-state index in [4.69, 9.17) is 16.1 Å². The molecule has 102 valence electrons. The van der Waals surface area contributed by atoms with Crippen molar-refractivity contribution in [1.82, 2.24) is 10.1 Å². The van der Waals surface area contributed by atoms with Crippen LogP contribution in [0.5, 0.6) is 0 Å². The van der Waals surface area contributed by atoms with Gasteiger partial charge in [0.25, 0.3) is 0 Å². The highest BCUT2D eigenvalue weighted by Crippen LogP contribution is 2.28. The molecular weight excluding hydrogens is 279 g/mol. The topological polar surface area (TPSA) is 38.9 Å². The molecule has 0 aliphatic rings. The van der Waals surface area contributed by atoms with Crippen molar-refractivity contribution in [3.05, 3.63) is 48.1 Å². The monoisotopic (exact) mass is 290 g/mol. The van der Waals surface area contributed by atoms with Crippen molar-refractivity contribution in [2.75, 3.05) is 5.88 Å². The van der Waals surface area contributed by atoms with E-state index in [1.54, 1.807) is 18.2 Å². The van der Waals surface area contributed by atoms with Crippen molar-refractivity contribution in [3.8, 4) is 11.4 Å². The maximum atomic E-state index is 13.8. The smallest absolute Gasteiger partial charge is 0.227 e. The zero-order valence-electron chi connectivity index (χ0n) is 10.6. The van der Waals surface area contributed by atoms with E-state index in [0.29, 0.717) is 29.4 Å². The van der Waals surface area contributed by atoms with Crippen LogP contribution in [0.1, 0.15) is 12.3 Å². The van der Waals surface area contributed by atoms with Crippen molar-refractivity contribution in [1.29, 1.82) is 0 Å². The van der Waals surface area contributed by atoms with E-state index in [9.17, 15) is 4.39 Å². The number of alkyl halides is 1. The first-order chi connectivity index (χ1) is 9.79. The van der Waals surface area contributed by atoms with Crippen LogP contribution in [0.25, 0.3) is 22.2 Å². The molecule has 0 atom stereocenters. The van der Waals surface area contributed by atoms with Crippen molar-refractivity contribution in [2.24, 2.45) is 0 Å². The van der Waals surface area contributed by atoms with Gasteiger partial charge in [-0.3, -0.25) is 0 Å². The van der Waals surface area contributed by atoms with Gasteiger partial charge in [0.1, 0.15) is 5.82 Å². The Kier molecular flexibility index (Phi) is 3.65. The van der Waals surface area contributed by atoms with Crippen molar-refractivity contribution >= 4 is 22.4 Å². The summed E-state index contributed by atoms with van der Waals surface area (Å²) in [7, 11) is 0. The normalized spacial score (nSPS) is 11.1. The summed E-state index contributed by atoms with van der Waals surface area (Å²) in [4.78, 5) is 4.34. The Balaban J connectivity index is 2.06. The average Bonchev–Trinajstić information content (AvgIpc) is 2.94. The summed E-state index contributed by atoms with van der Waals surface area (Å²) < 4.78 is 19.0. The van der Waals surface area contributed by atoms with Crippen LogP contribution in [-0.4, -0.2) is 16.0 Å².